The highest BCUT2D eigenvalue weighted by Gasteiger charge is 2.27. The third kappa shape index (κ3) is 2.82. The Labute approximate surface area is 70.4 Å². The summed E-state index contributed by atoms with van der Waals surface area (Å²) in [6.07, 6.45) is 5.26. The number of rotatable bonds is 1. The highest BCUT2D eigenvalue weighted by atomic mass is 14.7. The molecule has 1 nitrogen and oxygen atoms in total. The van der Waals surface area contributed by atoms with E-state index in [2.05, 4.69) is 20.8 Å². The lowest BCUT2D eigenvalue weighted by Crippen LogP contribution is -2.27. The van der Waals surface area contributed by atoms with Crippen molar-refractivity contribution in [1.82, 2.24) is 0 Å². The number of nitrogens with two attached hydrogens (primary N) is 1. The molecule has 0 radical (unpaired) electrons. The highest BCUT2D eigenvalue weighted by molar-refractivity contribution is 4.83. The minimum atomic E-state index is 0.465. The number of hydrogen-bond donors (Lipinski definition) is 1. The van der Waals surface area contributed by atoms with E-state index in [1.165, 1.54) is 25.7 Å². The van der Waals surface area contributed by atoms with Gasteiger partial charge in [0.2, 0.25) is 0 Å². The Kier molecular flexibility index (Phi) is 2.58. The second-order valence-corrected chi connectivity index (χ2v) is 5.12. The lowest BCUT2D eigenvalue weighted by Gasteiger charge is -2.25. The van der Waals surface area contributed by atoms with Crippen molar-refractivity contribution in [3.8, 4) is 0 Å². The van der Waals surface area contributed by atoms with Crippen molar-refractivity contribution in [3.63, 3.8) is 0 Å². The van der Waals surface area contributed by atoms with Crippen LogP contribution < -0.4 is 5.73 Å². The maximum Gasteiger partial charge on any atom is 0.00673 e. The predicted octanol–water partition coefficient (Wildman–Crippen LogP) is 2.55. The molecule has 0 aromatic heterocycles. The fourth-order valence-corrected chi connectivity index (χ4v) is 2.11. The zero-order valence-electron chi connectivity index (χ0n) is 8.06. The molecule has 0 aliphatic heterocycles. The zero-order chi connectivity index (χ0) is 8.48. The summed E-state index contributed by atoms with van der Waals surface area (Å²) in [5.41, 5.74) is 6.45. The maximum atomic E-state index is 5.99. The molecular weight excluding hydrogens is 134 g/mol. The Morgan fingerprint density at radius 2 is 1.91 bits per heavy atom. The average molecular weight is 155 g/mol. The molecule has 2 N–H and O–H groups in total. The van der Waals surface area contributed by atoms with E-state index in [1.54, 1.807) is 0 Å². The van der Waals surface area contributed by atoms with Gasteiger partial charge in [-0.05, 0) is 30.6 Å². The quantitative estimate of drug-likeness (QED) is 0.618. The first-order valence-electron chi connectivity index (χ1n) is 4.74. The van der Waals surface area contributed by atoms with Crippen LogP contribution in [-0.2, 0) is 0 Å². The largest absolute Gasteiger partial charge is 0.327 e. The van der Waals surface area contributed by atoms with Crippen LogP contribution in [0.4, 0.5) is 0 Å². The predicted molar refractivity (Wildman–Crippen MR) is 49.4 cm³/mol. The summed E-state index contributed by atoms with van der Waals surface area (Å²) < 4.78 is 0. The van der Waals surface area contributed by atoms with Crippen molar-refractivity contribution in [1.29, 1.82) is 0 Å². The first kappa shape index (κ1) is 9.05. The topological polar surface area (TPSA) is 26.0 Å². The van der Waals surface area contributed by atoms with E-state index in [-0.39, 0.29) is 0 Å². The van der Waals surface area contributed by atoms with Crippen molar-refractivity contribution in [2.75, 3.05) is 0 Å². The minimum absolute atomic E-state index is 0.465. The van der Waals surface area contributed by atoms with Crippen LogP contribution in [0.5, 0.6) is 0 Å². The third-order valence-corrected chi connectivity index (χ3v) is 2.59. The molecule has 0 unspecified atom stereocenters. The number of hydrogen-bond acceptors (Lipinski definition) is 1. The molecule has 1 saturated carbocycles. The molecule has 1 fully saturated rings. The van der Waals surface area contributed by atoms with Crippen LogP contribution >= 0.6 is 0 Å². The van der Waals surface area contributed by atoms with E-state index in [0.29, 0.717) is 11.5 Å². The monoisotopic (exact) mass is 155 g/mol. The smallest absolute Gasteiger partial charge is 0.00673 e. The first-order valence-corrected chi connectivity index (χ1v) is 4.74. The van der Waals surface area contributed by atoms with Gasteiger partial charge in [0.15, 0.2) is 0 Å². The van der Waals surface area contributed by atoms with Gasteiger partial charge in [-0.3, -0.25) is 0 Å². The molecule has 1 heteroatoms. The maximum absolute atomic E-state index is 5.99. The molecular formula is C10H21N. The Hall–Kier alpha value is -0.0400. The molecule has 0 heterocycles. The SMILES string of the molecule is CC(C)(C)C[C@H]1CCC[C@H]1N. The Bertz CT molecular complexity index is 123. The summed E-state index contributed by atoms with van der Waals surface area (Å²) in [7, 11) is 0. The minimum Gasteiger partial charge on any atom is -0.327 e. The van der Waals surface area contributed by atoms with Gasteiger partial charge in [-0.15, -0.1) is 0 Å². The first-order chi connectivity index (χ1) is 4.99. The fourth-order valence-electron chi connectivity index (χ4n) is 2.11. The third-order valence-electron chi connectivity index (χ3n) is 2.59. The second kappa shape index (κ2) is 3.14. The summed E-state index contributed by atoms with van der Waals surface area (Å²) in [6.45, 7) is 6.91. The summed E-state index contributed by atoms with van der Waals surface area (Å²) in [4.78, 5) is 0. The van der Waals surface area contributed by atoms with Crippen LogP contribution in [0.15, 0.2) is 0 Å². The highest BCUT2D eigenvalue weighted by Crippen LogP contribution is 2.34. The van der Waals surface area contributed by atoms with Gasteiger partial charge >= 0.3 is 0 Å². The van der Waals surface area contributed by atoms with Gasteiger partial charge in [0.05, 0.1) is 0 Å². The van der Waals surface area contributed by atoms with Crippen LogP contribution in [0.2, 0.25) is 0 Å². The summed E-state index contributed by atoms with van der Waals surface area (Å²) in [5, 5.41) is 0. The van der Waals surface area contributed by atoms with Crippen molar-refractivity contribution in [2.24, 2.45) is 17.1 Å². The van der Waals surface area contributed by atoms with Gasteiger partial charge in [-0.2, -0.15) is 0 Å². The van der Waals surface area contributed by atoms with Gasteiger partial charge in [0.1, 0.15) is 0 Å². The molecule has 0 spiro atoms. The normalized spacial score (nSPS) is 32.7. The molecule has 2 atom stereocenters. The van der Waals surface area contributed by atoms with Crippen LogP contribution in [0.25, 0.3) is 0 Å². The van der Waals surface area contributed by atoms with Crippen LogP contribution in [0, 0.1) is 11.3 Å². The lowest BCUT2D eigenvalue weighted by atomic mass is 9.83. The van der Waals surface area contributed by atoms with E-state index in [1.807, 2.05) is 0 Å². The molecule has 1 rings (SSSR count). The van der Waals surface area contributed by atoms with Crippen molar-refractivity contribution >= 4 is 0 Å². The van der Waals surface area contributed by atoms with E-state index < -0.39 is 0 Å². The Balaban J connectivity index is 2.37. The zero-order valence-corrected chi connectivity index (χ0v) is 8.06. The summed E-state index contributed by atoms with van der Waals surface area (Å²) in [6, 6.07) is 0.495. The molecule has 0 bridgehead atoms. The molecule has 0 saturated heterocycles. The van der Waals surface area contributed by atoms with Gasteiger partial charge in [-0.25, -0.2) is 0 Å². The van der Waals surface area contributed by atoms with Gasteiger partial charge in [0, 0.05) is 6.04 Å². The van der Waals surface area contributed by atoms with E-state index in [0.717, 1.165) is 5.92 Å². The molecule has 0 aromatic carbocycles. The van der Waals surface area contributed by atoms with E-state index in [4.69, 9.17) is 5.73 Å². The van der Waals surface area contributed by atoms with Crippen LogP contribution in [-0.4, -0.2) is 6.04 Å². The molecule has 1 aliphatic rings. The molecule has 0 amide bonds. The second-order valence-electron chi connectivity index (χ2n) is 5.12. The molecule has 1 aliphatic carbocycles. The van der Waals surface area contributed by atoms with Crippen molar-refractivity contribution < 1.29 is 0 Å². The van der Waals surface area contributed by atoms with Gasteiger partial charge < -0.3 is 5.73 Å². The Morgan fingerprint density at radius 3 is 2.27 bits per heavy atom. The van der Waals surface area contributed by atoms with Gasteiger partial charge in [0.25, 0.3) is 0 Å². The van der Waals surface area contributed by atoms with Gasteiger partial charge in [-0.1, -0.05) is 27.2 Å². The average Bonchev–Trinajstić information content (AvgIpc) is 2.12. The molecule has 11 heavy (non-hydrogen) atoms. The molecule has 66 valence electrons. The van der Waals surface area contributed by atoms with Crippen molar-refractivity contribution in [2.45, 2.75) is 52.5 Å². The molecule has 0 aromatic rings. The van der Waals surface area contributed by atoms with E-state index >= 15 is 0 Å². The Morgan fingerprint density at radius 1 is 1.27 bits per heavy atom. The standard InChI is InChI=1S/C10H21N/c1-10(2,3)7-8-5-4-6-9(8)11/h8-9H,4-7,11H2,1-3H3/t8-,9-/m1/s1. The summed E-state index contributed by atoms with van der Waals surface area (Å²) >= 11 is 0. The van der Waals surface area contributed by atoms with Crippen molar-refractivity contribution in [3.05, 3.63) is 0 Å². The fraction of sp³-hybridized carbons (Fsp3) is 1.00. The summed E-state index contributed by atoms with van der Waals surface area (Å²) in [5.74, 6) is 0.801. The van der Waals surface area contributed by atoms with Crippen LogP contribution in [0.1, 0.15) is 46.5 Å². The lowest BCUT2D eigenvalue weighted by molar-refractivity contribution is 0.280. The van der Waals surface area contributed by atoms with E-state index in [9.17, 15) is 0 Å². The van der Waals surface area contributed by atoms with Crippen LogP contribution in [0.3, 0.4) is 0 Å².